The van der Waals surface area contributed by atoms with Gasteiger partial charge in [0, 0.05) is 24.7 Å². The van der Waals surface area contributed by atoms with E-state index in [4.69, 9.17) is 14.2 Å². The fourth-order valence-electron chi connectivity index (χ4n) is 2.42. The molecular weight excluding hydrogens is 382 g/mol. The predicted molar refractivity (Wildman–Crippen MR) is 104 cm³/mol. The predicted octanol–water partition coefficient (Wildman–Crippen LogP) is 4.47. The normalized spacial score (nSPS) is 10.7. The number of halogens is 1. The Morgan fingerprint density at radius 1 is 1.04 bits per heavy atom. The minimum absolute atomic E-state index is 0.518. The van der Waals surface area contributed by atoms with Crippen molar-refractivity contribution in [2.24, 2.45) is 0 Å². The maximum absolute atomic E-state index is 6.04. The zero-order valence-corrected chi connectivity index (χ0v) is 16.7. The van der Waals surface area contributed by atoms with Crippen LogP contribution < -0.4 is 14.8 Å². The van der Waals surface area contributed by atoms with Gasteiger partial charge in [-0.25, -0.2) is 0 Å². The largest absolute Gasteiger partial charge is 0.490 e. The van der Waals surface area contributed by atoms with E-state index >= 15 is 0 Å². The van der Waals surface area contributed by atoms with Gasteiger partial charge in [-0.1, -0.05) is 40.2 Å². The van der Waals surface area contributed by atoms with Crippen molar-refractivity contribution in [2.45, 2.75) is 27.0 Å². The topological polar surface area (TPSA) is 39.7 Å². The standard InChI is InChI=1S/C20H26BrNO3/c1-4-24-19-11-17(13-22-9-10-23-3)18(21)12-20(19)25-14-16-8-6-5-7-15(16)2/h5-8,11-12,22H,4,9-10,13-14H2,1-3H3. The third-order valence-electron chi connectivity index (χ3n) is 3.86. The summed E-state index contributed by atoms with van der Waals surface area (Å²) in [4.78, 5) is 0. The smallest absolute Gasteiger partial charge is 0.162 e. The van der Waals surface area contributed by atoms with Crippen LogP contribution in [-0.2, 0) is 17.9 Å². The Kier molecular flexibility index (Phi) is 8.25. The van der Waals surface area contributed by atoms with Crippen molar-refractivity contribution in [3.05, 3.63) is 57.6 Å². The lowest BCUT2D eigenvalue weighted by molar-refractivity contribution is 0.199. The molecule has 25 heavy (non-hydrogen) atoms. The molecule has 0 radical (unpaired) electrons. The molecule has 0 amide bonds. The number of hydrogen-bond donors (Lipinski definition) is 1. The van der Waals surface area contributed by atoms with E-state index in [1.807, 2.05) is 31.2 Å². The molecule has 2 rings (SSSR count). The third-order valence-corrected chi connectivity index (χ3v) is 4.59. The molecule has 2 aromatic carbocycles. The Morgan fingerprint density at radius 3 is 2.52 bits per heavy atom. The Bertz CT molecular complexity index is 676. The SMILES string of the molecule is CCOc1cc(CNCCOC)c(Br)cc1OCc1ccccc1C. The maximum Gasteiger partial charge on any atom is 0.162 e. The van der Waals surface area contributed by atoms with Gasteiger partial charge in [0.2, 0.25) is 0 Å². The van der Waals surface area contributed by atoms with Crippen LogP contribution in [0, 0.1) is 6.92 Å². The van der Waals surface area contributed by atoms with Crippen LogP contribution in [0.2, 0.25) is 0 Å². The summed E-state index contributed by atoms with van der Waals surface area (Å²) in [6.07, 6.45) is 0. The number of rotatable bonds is 10. The molecular formula is C20H26BrNO3. The van der Waals surface area contributed by atoms with Crippen LogP contribution >= 0.6 is 15.9 Å². The molecule has 4 nitrogen and oxygen atoms in total. The van der Waals surface area contributed by atoms with E-state index in [0.717, 1.165) is 34.6 Å². The van der Waals surface area contributed by atoms with E-state index in [-0.39, 0.29) is 0 Å². The van der Waals surface area contributed by atoms with Gasteiger partial charge in [0.25, 0.3) is 0 Å². The average Bonchev–Trinajstić information content (AvgIpc) is 2.61. The summed E-state index contributed by atoms with van der Waals surface area (Å²) in [7, 11) is 1.70. The highest BCUT2D eigenvalue weighted by molar-refractivity contribution is 9.10. The van der Waals surface area contributed by atoms with Gasteiger partial charge in [-0.2, -0.15) is 0 Å². The average molecular weight is 408 g/mol. The highest BCUT2D eigenvalue weighted by Gasteiger charge is 2.11. The van der Waals surface area contributed by atoms with Gasteiger partial charge in [0.15, 0.2) is 11.5 Å². The molecule has 0 unspecified atom stereocenters. The number of nitrogens with one attached hydrogen (secondary N) is 1. The van der Waals surface area contributed by atoms with E-state index in [2.05, 4.69) is 40.3 Å². The minimum Gasteiger partial charge on any atom is -0.490 e. The first kappa shape index (κ1) is 19.8. The lowest BCUT2D eigenvalue weighted by atomic mass is 10.1. The summed E-state index contributed by atoms with van der Waals surface area (Å²) in [5.41, 5.74) is 3.52. The van der Waals surface area contributed by atoms with E-state index in [1.54, 1.807) is 7.11 Å². The van der Waals surface area contributed by atoms with E-state index in [9.17, 15) is 0 Å². The Morgan fingerprint density at radius 2 is 1.80 bits per heavy atom. The Hall–Kier alpha value is -1.56. The Balaban J connectivity index is 2.11. The lowest BCUT2D eigenvalue weighted by Gasteiger charge is -2.16. The van der Waals surface area contributed by atoms with Gasteiger partial charge in [0.05, 0.1) is 13.2 Å². The zero-order chi connectivity index (χ0) is 18.1. The first-order valence-corrected chi connectivity index (χ1v) is 9.27. The van der Waals surface area contributed by atoms with Crippen LogP contribution in [0.5, 0.6) is 11.5 Å². The summed E-state index contributed by atoms with van der Waals surface area (Å²) in [6.45, 7) is 7.41. The van der Waals surface area contributed by atoms with Gasteiger partial charge in [0.1, 0.15) is 6.61 Å². The Labute approximate surface area is 158 Å². The second-order valence-electron chi connectivity index (χ2n) is 5.71. The molecule has 0 saturated heterocycles. The minimum atomic E-state index is 0.518. The van der Waals surface area contributed by atoms with Crippen molar-refractivity contribution in [3.8, 4) is 11.5 Å². The highest BCUT2D eigenvalue weighted by Crippen LogP contribution is 2.34. The van der Waals surface area contributed by atoms with Crippen molar-refractivity contribution in [1.29, 1.82) is 0 Å². The van der Waals surface area contributed by atoms with Crippen LogP contribution in [-0.4, -0.2) is 26.9 Å². The summed E-state index contributed by atoms with van der Waals surface area (Å²) in [5.74, 6) is 1.51. The van der Waals surface area contributed by atoms with Crippen molar-refractivity contribution >= 4 is 15.9 Å². The second-order valence-corrected chi connectivity index (χ2v) is 6.56. The molecule has 0 aliphatic rings. The molecule has 0 heterocycles. The van der Waals surface area contributed by atoms with Gasteiger partial charge in [-0.15, -0.1) is 0 Å². The van der Waals surface area contributed by atoms with Crippen LogP contribution in [0.1, 0.15) is 23.6 Å². The molecule has 5 heteroatoms. The number of aryl methyl sites for hydroxylation is 1. The molecule has 136 valence electrons. The number of methoxy groups -OCH3 is 1. The zero-order valence-electron chi connectivity index (χ0n) is 15.1. The van der Waals surface area contributed by atoms with Gasteiger partial charge in [-0.05, 0) is 42.7 Å². The monoisotopic (exact) mass is 407 g/mol. The number of benzene rings is 2. The maximum atomic E-state index is 6.04. The number of ether oxygens (including phenoxy) is 3. The molecule has 0 aliphatic heterocycles. The van der Waals surface area contributed by atoms with Crippen LogP contribution in [0.4, 0.5) is 0 Å². The molecule has 0 aromatic heterocycles. The van der Waals surface area contributed by atoms with Crippen molar-refractivity contribution < 1.29 is 14.2 Å². The molecule has 1 N–H and O–H groups in total. The molecule has 0 fully saturated rings. The highest BCUT2D eigenvalue weighted by atomic mass is 79.9. The van der Waals surface area contributed by atoms with E-state index in [0.29, 0.717) is 19.8 Å². The first-order valence-electron chi connectivity index (χ1n) is 8.47. The second kappa shape index (κ2) is 10.4. The lowest BCUT2D eigenvalue weighted by Crippen LogP contribution is -2.18. The van der Waals surface area contributed by atoms with Gasteiger partial charge >= 0.3 is 0 Å². The summed E-state index contributed by atoms with van der Waals surface area (Å²) in [6, 6.07) is 12.2. The quantitative estimate of drug-likeness (QED) is 0.589. The third kappa shape index (κ3) is 6.03. The molecule has 0 aliphatic carbocycles. The molecule has 2 aromatic rings. The molecule has 0 saturated carbocycles. The summed E-state index contributed by atoms with van der Waals surface area (Å²) >= 11 is 3.64. The van der Waals surface area contributed by atoms with Gasteiger partial charge < -0.3 is 19.5 Å². The first-order chi connectivity index (χ1) is 12.2. The van der Waals surface area contributed by atoms with E-state index in [1.165, 1.54) is 11.1 Å². The fraction of sp³-hybridized carbons (Fsp3) is 0.400. The van der Waals surface area contributed by atoms with Crippen LogP contribution in [0.25, 0.3) is 0 Å². The van der Waals surface area contributed by atoms with Gasteiger partial charge in [-0.3, -0.25) is 0 Å². The van der Waals surface area contributed by atoms with Crippen molar-refractivity contribution in [3.63, 3.8) is 0 Å². The van der Waals surface area contributed by atoms with Crippen molar-refractivity contribution in [2.75, 3.05) is 26.9 Å². The summed E-state index contributed by atoms with van der Waals surface area (Å²) in [5, 5.41) is 3.35. The van der Waals surface area contributed by atoms with Crippen molar-refractivity contribution in [1.82, 2.24) is 5.32 Å². The summed E-state index contributed by atoms with van der Waals surface area (Å²) < 4.78 is 17.9. The van der Waals surface area contributed by atoms with Crippen LogP contribution in [0.15, 0.2) is 40.9 Å². The molecule has 0 atom stereocenters. The molecule has 0 bridgehead atoms. The van der Waals surface area contributed by atoms with Crippen LogP contribution in [0.3, 0.4) is 0 Å². The van der Waals surface area contributed by atoms with E-state index < -0.39 is 0 Å². The fourth-order valence-corrected chi connectivity index (χ4v) is 2.88. The number of hydrogen-bond acceptors (Lipinski definition) is 4. The molecule has 0 spiro atoms.